The van der Waals surface area contributed by atoms with Gasteiger partial charge in [0.15, 0.2) is 0 Å². The Balaban J connectivity index is 2.24. The van der Waals surface area contributed by atoms with E-state index in [-0.39, 0.29) is 6.61 Å². The third kappa shape index (κ3) is 3.27. The predicted molar refractivity (Wildman–Crippen MR) is 71.5 cm³/mol. The van der Waals surface area contributed by atoms with Crippen molar-refractivity contribution in [2.45, 2.75) is 20.0 Å². The van der Waals surface area contributed by atoms with E-state index in [4.69, 9.17) is 9.84 Å². The van der Waals surface area contributed by atoms with Crippen LogP contribution in [0.5, 0.6) is 11.6 Å². The van der Waals surface area contributed by atoms with Gasteiger partial charge >= 0.3 is 0 Å². The molecule has 0 radical (unpaired) electrons. The average molecular weight is 309 g/mol. The van der Waals surface area contributed by atoms with Gasteiger partial charge in [-0.15, -0.1) is 0 Å². The smallest absolute Gasteiger partial charge is 0.223 e. The van der Waals surface area contributed by atoms with Crippen LogP contribution < -0.4 is 4.74 Å². The van der Waals surface area contributed by atoms with E-state index in [0.29, 0.717) is 16.2 Å². The Hall–Kier alpha value is -1.46. The number of halogens is 1. The SMILES string of the molecule is CCc1nc(Br)cc(Oc2cccc(CO)c2)n1. The van der Waals surface area contributed by atoms with Gasteiger partial charge in [-0.25, -0.2) is 4.98 Å². The molecule has 0 aliphatic rings. The molecular weight excluding hydrogens is 296 g/mol. The van der Waals surface area contributed by atoms with E-state index < -0.39 is 0 Å². The Bertz CT molecular complexity index is 546. The van der Waals surface area contributed by atoms with Crippen LogP contribution in [0.15, 0.2) is 34.9 Å². The van der Waals surface area contributed by atoms with Gasteiger partial charge in [0, 0.05) is 12.5 Å². The van der Waals surface area contributed by atoms with Crippen LogP contribution in [0.2, 0.25) is 0 Å². The number of nitrogens with zero attached hydrogens (tertiary/aromatic N) is 2. The fourth-order valence-electron chi connectivity index (χ4n) is 1.48. The second-order valence-electron chi connectivity index (χ2n) is 3.71. The van der Waals surface area contributed by atoms with E-state index in [2.05, 4.69) is 25.9 Å². The minimum absolute atomic E-state index is 0.00905. The highest BCUT2D eigenvalue weighted by molar-refractivity contribution is 9.10. The summed E-state index contributed by atoms with van der Waals surface area (Å²) in [5, 5.41) is 9.07. The molecule has 0 fully saturated rings. The maximum absolute atomic E-state index is 9.07. The van der Waals surface area contributed by atoms with Gasteiger partial charge in [-0.3, -0.25) is 0 Å². The lowest BCUT2D eigenvalue weighted by molar-refractivity contribution is 0.281. The van der Waals surface area contributed by atoms with E-state index >= 15 is 0 Å². The molecule has 1 aromatic heterocycles. The lowest BCUT2D eigenvalue weighted by atomic mass is 10.2. The fraction of sp³-hybridized carbons (Fsp3) is 0.231. The van der Waals surface area contributed by atoms with Crippen molar-refractivity contribution in [2.24, 2.45) is 0 Å². The minimum atomic E-state index is -0.00905. The molecule has 0 atom stereocenters. The first-order valence-corrected chi connectivity index (χ1v) is 6.41. The van der Waals surface area contributed by atoms with Crippen LogP contribution in [0.3, 0.4) is 0 Å². The summed E-state index contributed by atoms with van der Waals surface area (Å²) in [6.07, 6.45) is 0.743. The number of benzene rings is 1. The largest absolute Gasteiger partial charge is 0.439 e. The highest BCUT2D eigenvalue weighted by atomic mass is 79.9. The molecule has 1 aromatic carbocycles. The van der Waals surface area contributed by atoms with Crippen LogP contribution in [-0.4, -0.2) is 15.1 Å². The van der Waals surface area contributed by atoms with Crippen molar-refractivity contribution < 1.29 is 9.84 Å². The van der Waals surface area contributed by atoms with Crippen molar-refractivity contribution >= 4 is 15.9 Å². The zero-order chi connectivity index (χ0) is 13.0. The molecule has 18 heavy (non-hydrogen) atoms. The summed E-state index contributed by atoms with van der Waals surface area (Å²) in [5.74, 6) is 1.86. The van der Waals surface area contributed by atoms with Crippen molar-refractivity contribution in [1.82, 2.24) is 9.97 Å². The summed E-state index contributed by atoms with van der Waals surface area (Å²) in [4.78, 5) is 8.49. The third-order valence-electron chi connectivity index (χ3n) is 2.34. The highest BCUT2D eigenvalue weighted by Crippen LogP contribution is 2.22. The number of aromatic nitrogens is 2. The molecule has 0 amide bonds. The van der Waals surface area contributed by atoms with Crippen LogP contribution in [0.1, 0.15) is 18.3 Å². The molecule has 0 unspecified atom stereocenters. The normalized spacial score (nSPS) is 10.4. The first-order valence-electron chi connectivity index (χ1n) is 5.62. The number of rotatable bonds is 4. The molecule has 0 bridgehead atoms. The molecule has 1 heterocycles. The molecule has 2 rings (SSSR count). The number of hydrogen-bond acceptors (Lipinski definition) is 4. The van der Waals surface area contributed by atoms with Crippen LogP contribution in [0.25, 0.3) is 0 Å². The van der Waals surface area contributed by atoms with Crippen LogP contribution in [0, 0.1) is 0 Å². The van der Waals surface area contributed by atoms with Crippen molar-refractivity contribution in [3.05, 3.63) is 46.3 Å². The number of aliphatic hydroxyl groups is 1. The van der Waals surface area contributed by atoms with Crippen molar-refractivity contribution in [3.63, 3.8) is 0 Å². The quantitative estimate of drug-likeness (QED) is 0.882. The van der Waals surface area contributed by atoms with E-state index in [1.54, 1.807) is 12.1 Å². The lowest BCUT2D eigenvalue weighted by Gasteiger charge is -2.07. The number of aryl methyl sites for hydroxylation is 1. The maximum atomic E-state index is 9.07. The van der Waals surface area contributed by atoms with Crippen molar-refractivity contribution in [3.8, 4) is 11.6 Å². The summed E-state index contributed by atoms with van der Waals surface area (Å²) < 4.78 is 6.35. The van der Waals surface area contributed by atoms with Gasteiger partial charge in [0.25, 0.3) is 0 Å². The predicted octanol–water partition coefficient (Wildman–Crippen LogP) is 3.09. The van der Waals surface area contributed by atoms with Crippen LogP contribution >= 0.6 is 15.9 Å². The van der Waals surface area contributed by atoms with Crippen LogP contribution in [-0.2, 0) is 13.0 Å². The minimum Gasteiger partial charge on any atom is -0.439 e. The van der Waals surface area contributed by atoms with E-state index in [0.717, 1.165) is 17.8 Å². The highest BCUT2D eigenvalue weighted by Gasteiger charge is 2.04. The third-order valence-corrected chi connectivity index (χ3v) is 2.74. The van der Waals surface area contributed by atoms with E-state index in [1.165, 1.54) is 0 Å². The molecule has 0 saturated heterocycles. The van der Waals surface area contributed by atoms with Gasteiger partial charge in [0.05, 0.1) is 6.61 Å². The molecule has 0 aliphatic carbocycles. The van der Waals surface area contributed by atoms with Crippen molar-refractivity contribution in [2.75, 3.05) is 0 Å². The summed E-state index contributed by atoms with van der Waals surface area (Å²) in [6, 6.07) is 8.98. The fourth-order valence-corrected chi connectivity index (χ4v) is 1.88. The molecule has 0 saturated carbocycles. The Morgan fingerprint density at radius 2 is 2.11 bits per heavy atom. The van der Waals surface area contributed by atoms with Gasteiger partial charge in [-0.05, 0) is 33.6 Å². The summed E-state index contributed by atoms with van der Waals surface area (Å²) in [7, 11) is 0. The molecule has 4 nitrogen and oxygen atoms in total. The van der Waals surface area contributed by atoms with Gasteiger partial charge in [0.2, 0.25) is 5.88 Å². The molecule has 5 heteroatoms. The molecule has 1 N–H and O–H groups in total. The second-order valence-corrected chi connectivity index (χ2v) is 4.52. The average Bonchev–Trinajstić information content (AvgIpc) is 2.38. The van der Waals surface area contributed by atoms with Crippen LogP contribution in [0.4, 0.5) is 0 Å². The van der Waals surface area contributed by atoms with Gasteiger partial charge in [0.1, 0.15) is 16.2 Å². The Kier molecular flexibility index (Phi) is 4.28. The summed E-state index contributed by atoms with van der Waals surface area (Å²) in [5.41, 5.74) is 0.802. The monoisotopic (exact) mass is 308 g/mol. The molecular formula is C13H13BrN2O2. The molecule has 2 aromatic rings. The standard InChI is InChI=1S/C13H13BrN2O2/c1-2-12-15-11(14)7-13(16-12)18-10-5-3-4-9(6-10)8-17/h3-7,17H,2,8H2,1H3. The summed E-state index contributed by atoms with van der Waals surface area (Å²) >= 11 is 3.32. The molecule has 0 spiro atoms. The molecule has 0 aliphatic heterocycles. The Morgan fingerprint density at radius 3 is 2.83 bits per heavy atom. The van der Waals surface area contributed by atoms with Gasteiger partial charge < -0.3 is 9.84 Å². The first-order chi connectivity index (χ1) is 8.71. The number of aliphatic hydroxyl groups excluding tert-OH is 1. The zero-order valence-corrected chi connectivity index (χ0v) is 11.5. The van der Waals surface area contributed by atoms with E-state index in [1.807, 2.05) is 25.1 Å². The lowest BCUT2D eigenvalue weighted by Crippen LogP contribution is -1.97. The Labute approximate surface area is 114 Å². The maximum Gasteiger partial charge on any atom is 0.223 e. The summed E-state index contributed by atoms with van der Waals surface area (Å²) in [6.45, 7) is 1.98. The molecule has 94 valence electrons. The topological polar surface area (TPSA) is 55.2 Å². The first kappa shape index (κ1) is 13.0. The number of hydrogen-bond donors (Lipinski definition) is 1. The van der Waals surface area contributed by atoms with Gasteiger partial charge in [-0.1, -0.05) is 19.1 Å². The van der Waals surface area contributed by atoms with E-state index in [9.17, 15) is 0 Å². The second kappa shape index (κ2) is 5.93. The number of ether oxygens (including phenoxy) is 1. The van der Waals surface area contributed by atoms with Crippen molar-refractivity contribution in [1.29, 1.82) is 0 Å². The van der Waals surface area contributed by atoms with Gasteiger partial charge in [-0.2, -0.15) is 4.98 Å². The Morgan fingerprint density at radius 1 is 1.28 bits per heavy atom. The zero-order valence-electron chi connectivity index (χ0n) is 9.93.